The first kappa shape index (κ1) is 17.2. The summed E-state index contributed by atoms with van der Waals surface area (Å²) < 4.78 is 0. The molecule has 0 spiro atoms. The molecule has 0 saturated heterocycles. The van der Waals surface area contributed by atoms with Crippen LogP contribution in [0.5, 0.6) is 0 Å². The van der Waals surface area contributed by atoms with Gasteiger partial charge in [0.2, 0.25) is 0 Å². The van der Waals surface area contributed by atoms with Gasteiger partial charge < -0.3 is 16.4 Å². The van der Waals surface area contributed by atoms with E-state index in [9.17, 15) is 4.79 Å². The summed E-state index contributed by atoms with van der Waals surface area (Å²) in [6, 6.07) is 10.1. The summed E-state index contributed by atoms with van der Waals surface area (Å²) in [7, 11) is 0. The molecule has 2 aromatic rings. The second kappa shape index (κ2) is 7.89. The smallest absolute Gasteiger partial charge is 0.251 e. The van der Waals surface area contributed by atoms with Gasteiger partial charge in [0, 0.05) is 17.8 Å². The summed E-state index contributed by atoms with van der Waals surface area (Å²) in [4.78, 5) is 12.9. The Hall–Kier alpha value is -2.18. The van der Waals surface area contributed by atoms with E-state index in [1.54, 1.807) is 6.08 Å². The van der Waals surface area contributed by atoms with Crippen molar-refractivity contribution in [3.8, 4) is 0 Å². The van der Waals surface area contributed by atoms with E-state index < -0.39 is 5.91 Å². The molecule has 0 radical (unpaired) electrons. The predicted molar refractivity (Wildman–Crippen MR) is 101 cm³/mol. The van der Waals surface area contributed by atoms with Gasteiger partial charge in [-0.1, -0.05) is 36.4 Å². The van der Waals surface area contributed by atoms with Crippen molar-refractivity contribution in [2.24, 2.45) is 5.73 Å². The van der Waals surface area contributed by atoms with Gasteiger partial charge in [-0.2, -0.15) is 0 Å². The number of benzene rings is 1. The van der Waals surface area contributed by atoms with Gasteiger partial charge in [0.05, 0.1) is 5.56 Å². The van der Waals surface area contributed by atoms with E-state index in [0.29, 0.717) is 22.2 Å². The molecule has 6 heteroatoms. The van der Waals surface area contributed by atoms with Gasteiger partial charge in [-0.05, 0) is 30.3 Å². The lowest BCUT2D eigenvalue weighted by Crippen LogP contribution is -2.29. The molecular formula is C17H19N3OS2. The molecule has 0 bridgehead atoms. The maximum atomic E-state index is 11.8. The Balaban J connectivity index is 2.27. The molecule has 1 amide bonds. The van der Waals surface area contributed by atoms with E-state index in [0.717, 1.165) is 16.9 Å². The van der Waals surface area contributed by atoms with Crippen molar-refractivity contribution in [3.05, 3.63) is 64.6 Å². The lowest BCUT2D eigenvalue weighted by molar-refractivity contribution is 0.100. The molecule has 4 N–H and O–H groups in total. The third-order valence-corrected chi connectivity index (χ3v) is 4.79. The molecule has 1 aromatic carbocycles. The van der Waals surface area contributed by atoms with Crippen molar-refractivity contribution >= 4 is 39.6 Å². The number of primary amides is 1. The molecule has 0 fully saturated rings. The van der Waals surface area contributed by atoms with Crippen molar-refractivity contribution in [1.29, 1.82) is 0 Å². The number of hydrogen-bond acceptors (Lipinski definition) is 3. The zero-order chi connectivity index (χ0) is 16.8. The van der Waals surface area contributed by atoms with Gasteiger partial charge in [-0.25, -0.2) is 0 Å². The quantitative estimate of drug-likeness (QED) is 0.555. The van der Waals surface area contributed by atoms with Gasteiger partial charge in [0.25, 0.3) is 5.91 Å². The molecule has 2 rings (SSSR count). The molecule has 120 valence electrons. The fourth-order valence-corrected chi connectivity index (χ4v) is 3.71. The highest BCUT2D eigenvalue weighted by Gasteiger charge is 2.20. The third-order valence-electron chi connectivity index (χ3n) is 3.33. The van der Waals surface area contributed by atoms with Crippen molar-refractivity contribution in [2.45, 2.75) is 13.3 Å². The highest BCUT2D eigenvalue weighted by molar-refractivity contribution is 7.80. The molecule has 23 heavy (non-hydrogen) atoms. The number of anilines is 1. The van der Waals surface area contributed by atoms with E-state index in [1.807, 2.05) is 25.1 Å². The molecule has 1 heterocycles. The number of rotatable bonds is 6. The number of carbonyl (C=O) groups excluding carboxylic acids is 1. The molecule has 0 aliphatic heterocycles. The Morgan fingerprint density at radius 2 is 2.09 bits per heavy atom. The van der Waals surface area contributed by atoms with Crippen LogP contribution < -0.4 is 16.4 Å². The van der Waals surface area contributed by atoms with Crippen LogP contribution in [-0.4, -0.2) is 17.6 Å². The zero-order valence-corrected chi connectivity index (χ0v) is 14.5. The normalized spacial score (nSPS) is 10.1. The Labute approximate surface area is 145 Å². The average molecular weight is 345 g/mol. The highest BCUT2D eigenvalue weighted by Crippen LogP contribution is 2.34. The van der Waals surface area contributed by atoms with Crippen LogP contribution in [-0.2, 0) is 6.42 Å². The minimum Gasteiger partial charge on any atom is -0.365 e. The Morgan fingerprint density at radius 1 is 1.39 bits per heavy atom. The van der Waals surface area contributed by atoms with Crippen molar-refractivity contribution in [2.75, 3.05) is 11.9 Å². The topological polar surface area (TPSA) is 67.2 Å². The van der Waals surface area contributed by atoms with E-state index in [1.165, 1.54) is 16.9 Å². The maximum absolute atomic E-state index is 11.8. The number of nitrogens with one attached hydrogen (secondary N) is 2. The van der Waals surface area contributed by atoms with Gasteiger partial charge in [0.15, 0.2) is 5.11 Å². The van der Waals surface area contributed by atoms with Crippen LogP contribution in [0.3, 0.4) is 0 Å². The first-order chi connectivity index (χ1) is 11.0. The fraction of sp³-hybridized carbons (Fsp3) is 0.176. The predicted octanol–water partition coefficient (Wildman–Crippen LogP) is 3.22. The van der Waals surface area contributed by atoms with Gasteiger partial charge in [-0.3, -0.25) is 4.79 Å². The second-order valence-corrected chi connectivity index (χ2v) is 6.52. The summed E-state index contributed by atoms with van der Waals surface area (Å²) in [5.41, 5.74) is 8.14. The molecule has 0 saturated carbocycles. The number of hydrogen-bond donors (Lipinski definition) is 3. The highest BCUT2D eigenvalue weighted by atomic mass is 32.1. The van der Waals surface area contributed by atoms with Crippen LogP contribution >= 0.6 is 23.6 Å². The summed E-state index contributed by atoms with van der Waals surface area (Å²) in [6.45, 7) is 6.10. The largest absolute Gasteiger partial charge is 0.365 e. The molecular weight excluding hydrogens is 326 g/mol. The van der Waals surface area contributed by atoms with E-state index in [-0.39, 0.29) is 0 Å². The monoisotopic (exact) mass is 345 g/mol. The Bertz CT molecular complexity index is 723. The van der Waals surface area contributed by atoms with Gasteiger partial charge in [0.1, 0.15) is 5.00 Å². The SMILES string of the molecule is C=CCNC(=S)Nc1sc(Cc2ccccc2)c(C)c1C(N)=O. The van der Waals surface area contributed by atoms with Crippen LogP contribution in [0, 0.1) is 6.92 Å². The summed E-state index contributed by atoms with van der Waals surface area (Å²) >= 11 is 6.72. The van der Waals surface area contributed by atoms with Crippen molar-refractivity contribution in [3.63, 3.8) is 0 Å². The summed E-state index contributed by atoms with van der Waals surface area (Å²) in [6.07, 6.45) is 2.47. The minimum atomic E-state index is -0.452. The van der Waals surface area contributed by atoms with Gasteiger partial charge >= 0.3 is 0 Å². The van der Waals surface area contributed by atoms with Crippen LogP contribution in [0.15, 0.2) is 43.0 Å². The maximum Gasteiger partial charge on any atom is 0.251 e. The lowest BCUT2D eigenvalue weighted by Gasteiger charge is -2.08. The fourth-order valence-electron chi connectivity index (χ4n) is 2.21. The number of amides is 1. The average Bonchev–Trinajstić information content (AvgIpc) is 2.82. The number of thiocarbonyl (C=S) groups is 1. The lowest BCUT2D eigenvalue weighted by atomic mass is 10.1. The van der Waals surface area contributed by atoms with Crippen LogP contribution in [0.2, 0.25) is 0 Å². The van der Waals surface area contributed by atoms with Crippen LogP contribution in [0.1, 0.15) is 26.4 Å². The number of carbonyl (C=O) groups is 1. The van der Waals surface area contributed by atoms with E-state index in [4.69, 9.17) is 18.0 Å². The van der Waals surface area contributed by atoms with E-state index in [2.05, 4.69) is 29.3 Å². The molecule has 0 aliphatic carbocycles. The van der Waals surface area contributed by atoms with Crippen LogP contribution in [0.25, 0.3) is 0 Å². The molecule has 0 aliphatic rings. The Morgan fingerprint density at radius 3 is 2.70 bits per heavy atom. The van der Waals surface area contributed by atoms with Gasteiger partial charge in [-0.15, -0.1) is 17.9 Å². The molecule has 0 atom stereocenters. The Kier molecular flexibility index (Phi) is 5.90. The van der Waals surface area contributed by atoms with Crippen molar-refractivity contribution in [1.82, 2.24) is 5.32 Å². The molecule has 0 unspecified atom stereocenters. The first-order valence-electron chi connectivity index (χ1n) is 7.14. The first-order valence-corrected chi connectivity index (χ1v) is 8.37. The molecule has 1 aromatic heterocycles. The van der Waals surface area contributed by atoms with Crippen molar-refractivity contribution < 1.29 is 4.79 Å². The summed E-state index contributed by atoms with van der Waals surface area (Å²) in [5.74, 6) is -0.452. The van der Waals surface area contributed by atoms with E-state index >= 15 is 0 Å². The number of thiophene rings is 1. The number of nitrogens with two attached hydrogens (primary N) is 1. The zero-order valence-electron chi connectivity index (χ0n) is 12.9. The summed E-state index contributed by atoms with van der Waals surface area (Å²) in [5, 5.41) is 7.17. The third kappa shape index (κ3) is 4.40. The molecule has 4 nitrogen and oxygen atoms in total. The van der Waals surface area contributed by atoms with Crippen LogP contribution in [0.4, 0.5) is 5.00 Å². The minimum absolute atomic E-state index is 0.444. The second-order valence-electron chi connectivity index (χ2n) is 5.00. The standard InChI is InChI=1S/C17H19N3OS2/c1-3-9-19-17(22)20-16-14(15(18)21)11(2)13(23-16)10-12-7-5-4-6-8-12/h3-8H,1,9-10H2,2H3,(H2,18,21)(H2,19,20,22).